The molecule has 0 spiro atoms. The molecule has 1 aromatic carbocycles. The second kappa shape index (κ2) is 6.03. The zero-order valence-electron chi connectivity index (χ0n) is 11.8. The van der Waals surface area contributed by atoms with Crippen LogP contribution in [0.2, 0.25) is 0 Å². The molecule has 1 aromatic rings. The topological polar surface area (TPSA) is 63.4 Å². The Morgan fingerprint density at radius 1 is 1.50 bits per heavy atom. The van der Waals surface area contributed by atoms with Gasteiger partial charge in [0.25, 0.3) is 0 Å². The molecule has 0 amide bonds. The molecular weight excluding hydrogens is 340 g/mol. The molecule has 2 rings (SSSR count). The predicted octanol–water partition coefficient (Wildman–Crippen LogP) is 1.96. The van der Waals surface area contributed by atoms with Gasteiger partial charge in [-0.25, -0.2) is 8.42 Å². The van der Waals surface area contributed by atoms with Crippen molar-refractivity contribution in [3.8, 4) is 0 Å². The molecule has 1 saturated heterocycles. The molecule has 0 aromatic heterocycles. The van der Waals surface area contributed by atoms with Crippen molar-refractivity contribution < 1.29 is 8.42 Å². The van der Waals surface area contributed by atoms with Gasteiger partial charge in [-0.1, -0.05) is 22.0 Å². The van der Waals surface area contributed by atoms with Gasteiger partial charge in [-0.15, -0.1) is 0 Å². The van der Waals surface area contributed by atoms with Crippen molar-refractivity contribution in [2.24, 2.45) is 5.73 Å². The first-order valence-electron chi connectivity index (χ1n) is 6.76. The standard InChI is InChI=1S/C14H21BrN2O2S/c1-10(16)7-11-3-4-12(15)8-14(11)17(2)13-5-6-20(18,19)9-13/h3-4,8,10,13H,5-7,9,16H2,1-2H3. The van der Waals surface area contributed by atoms with Crippen molar-refractivity contribution in [1.82, 2.24) is 0 Å². The number of nitrogens with zero attached hydrogens (tertiary/aromatic N) is 1. The van der Waals surface area contributed by atoms with E-state index in [2.05, 4.69) is 26.9 Å². The van der Waals surface area contributed by atoms with E-state index in [1.165, 1.54) is 0 Å². The van der Waals surface area contributed by atoms with Crippen LogP contribution in [0.5, 0.6) is 0 Å². The Morgan fingerprint density at radius 3 is 2.75 bits per heavy atom. The van der Waals surface area contributed by atoms with Crippen LogP contribution in [0.25, 0.3) is 0 Å². The van der Waals surface area contributed by atoms with E-state index in [4.69, 9.17) is 5.73 Å². The van der Waals surface area contributed by atoms with Gasteiger partial charge in [0.2, 0.25) is 0 Å². The largest absolute Gasteiger partial charge is 0.370 e. The van der Waals surface area contributed by atoms with E-state index in [0.717, 1.165) is 22.1 Å². The number of nitrogens with two attached hydrogens (primary N) is 1. The summed E-state index contributed by atoms with van der Waals surface area (Å²) in [5, 5.41) is 0. The summed E-state index contributed by atoms with van der Waals surface area (Å²) < 4.78 is 24.3. The van der Waals surface area contributed by atoms with Crippen LogP contribution in [0.1, 0.15) is 18.9 Å². The molecule has 0 saturated carbocycles. The number of hydrogen-bond donors (Lipinski definition) is 1. The average molecular weight is 361 g/mol. The summed E-state index contributed by atoms with van der Waals surface area (Å²) in [6.07, 6.45) is 1.48. The van der Waals surface area contributed by atoms with E-state index in [0.29, 0.717) is 12.2 Å². The quantitative estimate of drug-likeness (QED) is 0.891. The van der Waals surface area contributed by atoms with E-state index >= 15 is 0 Å². The lowest BCUT2D eigenvalue weighted by atomic mass is 10.0. The van der Waals surface area contributed by atoms with Gasteiger partial charge in [-0.3, -0.25) is 0 Å². The van der Waals surface area contributed by atoms with Gasteiger partial charge in [-0.05, 0) is 37.5 Å². The fraction of sp³-hybridized carbons (Fsp3) is 0.571. The molecule has 1 heterocycles. The molecule has 0 aliphatic carbocycles. The van der Waals surface area contributed by atoms with Crippen LogP contribution in [-0.2, 0) is 16.3 Å². The van der Waals surface area contributed by atoms with Crippen LogP contribution in [0.4, 0.5) is 5.69 Å². The Balaban J connectivity index is 2.28. The van der Waals surface area contributed by atoms with Crippen LogP contribution < -0.4 is 10.6 Å². The monoisotopic (exact) mass is 360 g/mol. The third kappa shape index (κ3) is 3.74. The van der Waals surface area contributed by atoms with Crippen molar-refractivity contribution >= 4 is 31.5 Å². The van der Waals surface area contributed by atoms with E-state index in [9.17, 15) is 8.42 Å². The second-order valence-corrected chi connectivity index (χ2v) is 8.77. The fourth-order valence-corrected chi connectivity index (χ4v) is 4.79. The van der Waals surface area contributed by atoms with Gasteiger partial charge in [-0.2, -0.15) is 0 Å². The molecule has 6 heteroatoms. The lowest BCUT2D eigenvalue weighted by Crippen LogP contribution is -2.33. The van der Waals surface area contributed by atoms with Crippen LogP contribution in [0, 0.1) is 0 Å². The summed E-state index contributed by atoms with van der Waals surface area (Å²) >= 11 is 3.49. The maximum atomic E-state index is 11.7. The highest BCUT2D eigenvalue weighted by Crippen LogP contribution is 2.29. The zero-order chi connectivity index (χ0) is 14.9. The Labute approximate surface area is 129 Å². The van der Waals surface area contributed by atoms with Crippen LogP contribution in [-0.4, -0.2) is 39.1 Å². The lowest BCUT2D eigenvalue weighted by molar-refractivity contribution is 0.600. The summed E-state index contributed by atoms with van der Waals surface area (Å²) in [6, 6.07) is 6.24. The molecule has 0 bridgehead atoms. The van der Waals surface area contributed by atoms with E-state index in [-0.39, 0.29) is 17.8 Å². The van der Waals surface area contributed by atoms with E-state index in [1.807, 2.05) is 26.1 Å². The first kappa shape index (κ1) is 15.8. The highest BCUT2D eigenvalue weighted by molar-refractivity contribution is 9.10. The Bertz CT molecular complexity index is 587. The minimum absolute atomic E-state index is 0.0566. The van der Waals surface area contributed by atoms with Crippen LogP contribution in [0.15, 0.2) is 22.7 Å². The normalized spacial score (nSPS) is 22.7. The zero-order valence-corrected chi connectivity index (χ0v) is 14.2. The highest BCUT2D eigenvalue weighted by atomic mass is 79.9. The van der Waals surface area contributed by atoms with Gasteiger partial charge in [0.1, 0.15) is 0 Å². The number of rotatable bonds is 4. The highest BCUT2D eigenvalue weighted by Gasteiger charge is 2.31. The summed E-state index contributed by atoms with van der Waals surface area (Å²) in [6.45, 7) is 1.98. The van der Waals surface area contributed by atoms with Gasteiger partial charge in [0.15, 0.2) is 9.84 Å². The minimum atomic E-state index is -2.87. The number of halogens is 1. The van der Waals surface area contributed by atoms with Gasteiger partial charge in [0, 0.05) is 29.3 Å². The lowest BCUT2D eigenvalue weighted by Gasteiger charge is -2.28. The smallest absolute Gasteiger partial charge is 0.152 e. The third-order valence-corrected chi connectivity index (χ3v) is 5.97. The van der Waals surface area contributed by atoms with Crippen molar-refractivity contribution in [3.63, 3.8) is 0 Å². The first-order chi connectivity index (χ1) is 9.28. The van der Waals surface area contributed by atoms with Crippen molar-refractivity contribution in [2.75, 3.05) is 23.5 Å². The number of benzene rings is 1. The molecule has 2 unspecified atom stereocenters. The SMILES string of the molecule is CC(N)Cc1ccc(Br)cc1N(C)C1CCS(=O)(=O)C1. The Hall–Kier alpha value is -0.590. The van der Waals surface area contributed by atoms with Crippen LogP contribution in [0.3, 0.4) is 0 Å². The molecule has 0 radical (unpaired) electrons. The first-order valence-corrected chi connectivity index (χ1v) is 9.37. The molecule has 2 atom stereocenters. The average Bonchev–Trinajstić information content (AvgIpc) is 2.70. The van der Waals surface area contributed by atoms with Crippen molar-refractivity contribution in [3.05, 3.63) is 28.2 Å². The van der Waals surface area contributed by atoms with Gasteiger partial charge in [0.05, 0.1) is 11.5 Å². The molecule has 20 heavy (non-hydrogen) atoms. The number of hydrogen-bond acceptors (Lipinski definition) is 4. The second-order valence-electron chi connectivity index (χ2n) is 5.62. The Morgan fingerprint density at radius 2 is 2.20 bits per heavy atom. The predicted molar refractivity (Wildman–Crippen MR) is 87.0 cm³/mol. The molecule has 2 N–H and O–H groups in total. The third-order valence-electron chi connectivity index (χ3n) is 3.73. The molecule has 112 valence electrons. The molecule has 1 fully saturated rings. The summed E-state index contributed by atoms with van der Waals surface area (Å²) in [7, 11) is -0.902. The molecule has 4 nitrogen and oxygen atoms in total. The maximum Gasteiger partial charge on any atom is 0.152 e. The summed E-state index contributed by atoms with van der Waals surface area (Å²) in [4.78, 5) is 2.09. The Kier molecular flexibility index (Phi) is 4.76. The molecule has 1 aliphatic rings. The number of sulfone groups is 1. The van der Waals surface area contributed by atoms with Crippen molar-refractivity contribution in [1.29, 1.82) is 0 Å². The number of anilines is 1. The molecule has 1 aliphatic heterocycles. The maximum absolute atomic E-state index is 11.7. The molecular formula is C14H21BrN2O2S. The van der Waals surface area contributed by atoms with Crippen LogP contribution >= 0.6 is 15.9 Å². The van der Waals surface area contributed by atoms with Gasteiger partial charge < -0.3 is 10.6 Å². The fourth-order valence-electron chi connectivity index (χ4n) is 2.66. The van der Waals surface area contributed by atoms with E-state index in [1.54, 1.807) is 0 Å². The minimum Gasteiger partial charge on any atom is -0.370 e. The summed E-state index contributed by atoms with van der Waals surface area (Å²) in [5.74, 6) is 0.534. The van der Waals surface area contributed by atoms with E-state index < -0.39 is 9.84 Å². The van der Waals surface area contributed by atoms with Crippen molar-refractivity contribution in [2.45, 2.75) is 31.8 Å². The van der Waals surface area contributed by atoms with Gasteiger partial charge >= 0.3 is 0 Å². The summed E-state index contributed by atoms with van der Waals surface area (Å²) in [5.41, 5.74) is 8.13.